The van der Waals surface area contributed by atoms with Gasteiger partial charge < -0.3 is 24.5 Å². The number of hydrogen-bond donors (Lipinski definition) is 2. The van der Waals surface area contributed by atoms with Gasteiger partial charge in [-0.3, -0.25) is 9.89 Å². The molecule has 1 aromatic rings. The summed E-state index contributed by atoms with van der Waals surface area (Å²) in [5, 5.41) is 6.98. The Morgan fingerprint density at radius 1 is 1.24 bits per heavy atom. The Bertz CT molecular complexity index is 572. The predicted octanol–water partition coefficient (Wildman–Crippen LogP) is 2.51. The molecule has 2 N–H and O–H groups in total. The Hall–Kier alpha value is -0.840. The van der Waals surface area contributed by atoms with Crippen molar-refractivity contribution in [2.24, 2.45) is 10.4 Å². The summed E-state index contributed by atoms with van der Waals surface area (Å²) in [6.07, 6.45) is 7.31. The predicted molar refractivity (Wildman–Crippen MR) is 126 cm³/mol. The van der Waals surface area contributed by atoms with Crippen molar-refractivity contribution in [3.05, 3.63) is 24.2 Å². The number of ether oxygens (including phenoxy) is 2. The SMILES string of the molecule is COCCC1(CN=C(NCCCN2CCOCC2)NCCc2ccco2)CC1.I. The number of nitrogens with one attached hydrogen (secondary N) is 2. The van der Waals surface area contributed by atoms with Crippen LogP contribution in [-0.2, 0) is 15.9 Å². The summed E-state index contributed by atoms with van der Waals surface area (Å²) in [6, 6.07) is 3.94. The lowest BCUT2D eigenvalue weighted by Crippen LogP contribution is -2.41. The van der Waals surface area contributed by atoms with Gasteiger partial charge in [-0.15, -0.1) is 24.0 Å². The number of furan rings is 1. The van der Waals surface area contributed by atoms with Gasteiger partial charge in [0.2, 0.25) is 0 Å². The lowest BCUT2D eigenvalue weighted by Gasteiger charge is -2.26. The summed E-state index contributed by atoms with van der Waals surface area (Å²) in [5.74, 6) is 1.91. The number of guanidine groups is 1. The maximum absolute atomic E-state index is 5.42. The van der Waals surface area contributed by atoms with Crippen LogP contribution in [0.25, 0.3) is 0 Å². The molecule has 8 heteroatoms. The number of aliphatic imine (C=N–C) groups is 1. The van der Waals surface area contributed by atoms with Crippen molar-refractivity contribution in [2.75, 3.05) is 66.2 Å². The molecular weight excluding hydrogens is 483 g/mol. The van der Waals surface area contributed by atoms with Gasteiger partial charge >= 0.3 is 0 Å². The molecule has 29 heavy (non-hydrogen) atoms. The first-order valence-electron chi connectivity index (χ1n) is 10.6. The molecule has 1 aromatic heterocycles. The van der Waals surface area contributed by atoms with Crippen LogP contribution in [0.1, 0.15) is 31.4 Å². The Balaban J connectivity index is 0.00000300. The average molecular weight is 520 g/mol. The van der Waals surface area contributed by atoms with Crippen molar-refractivity contribution in [1.29, 1.82) is 0 Å². The van der Waals surface area contributed by atoms with Crippen molar-refractivity contribution in [1.82, 2.24) is 15.5 Å². The van der Waals surface area contributed by atoms with E-state index in [2.05, 4.69) is 15.5 Å². The molecule has 0 bridgehead atoms. The molecule has 3 rings (SSSR count). The van der Waals surface area contributed by atoms with Crippen molar-refractivity contribution in [2.45, 2.75) is 32.1 Å². The molecule has 0 unspecified atom stereocenters. The molecule has 0 radical (unpaired) electrons. The number of methoxy groups -OCH3 is 1. The largest absolute Gasteiger partial charge is 0.469 e. The second-order valence-electron chi connectivity index (χ2n) is 7.90. The topological polar surface area (TPSA) is 71.3 Å². The summed E-state index contributed by atoms with van der Waals surface area (Å²) in [7, 11) is 1.77. The van der Waals surface area contributed by atoms with Crippen LogP contribution in [0.15, 0.2) is 27.8 Å². The van der Waals surface area contributed by atoms with E-state index in [9.17, 15) is 0 Å². The quantitative estimate of drug-likeness (QED) is 0.191. The van der Waals surface area contributed by atoms with E-state index >= 15 is 0 Å². The Kier molecular flexibility index (Phi) is 11.3. The maximum atomic E-state index is 5.42. The zero-order valence-electron chi connectivity index (χ0n) is 17.7. The highest BCUT2D eigenvalue weighted by molar-refractivity contribution is 14.0. The van der Waals surface area contributed by atoms with Crippen LogP contribution in [0.4, 0.5) is 0 Å². The summed E-state index contributed by atoms with van der Waals surface area (Å²) in [4.78, 5) is 7.36. The minimum absolute atomic E-state index is 0. The smallest absolute Gasteiger partial charge is 0.191 e. The zero-order valence-corrected chi connectivity index (χ0v) is 20.0. The van der Waals surface area contributed by atoms with Crippen molar-refractivity contribution < 1.29 is 13.9 Å². The minimum Gasteiger partial charge on any atom is -0.469 e. The van der Waals surface area contributed by atoms with Gasteiger partial charge in [-0.1, -0.05) is 0 Å². The minimum atomic E-state index is 0. The van der Waals surface area contributed by atoms with Gasteiger partial charge in [0, 0.05) is 52.9 Å². The molecule has 166 valence electrons. The fourth-order valence-electron chi connectivity index (χ4n) is 3.50. The van der Waals surface area contributed by atoms with Crippen LogP contribution in [-0.4, -0.2) is 77.1 Å². The summed E-state index contributed by atoms with van der Waals surface area (Å²) in [5.41, 5.74) is 0.361. The molecule has 7 nitrogen and oxygen atoms in total. The monoisotopic (exact) mass is 520 g/mol. The third kappa shape index (κ3) is 9.23. The van der Waals surface area contributed by atoms with Crippen LogP contribution < -0.4 is 10.6 Å². The standard InChI is InChI=1S/C21H36N4O3.HI/c1-26-15-8-21(6-7-21)18-24-20(23-10-5-19-4-2-14-28-19)22-9-3-11-25-12-16-27-17-13-25;/h2,4,14H,3,5-13,15-18H2,1H3,(H2,22,23,24);1H. The normalized spacial score (nSPS) is 18.9. The first-order valence-corrected chi connectivity index (χ1v) is 10.6. The third-order valence-electron chi connectivity index (χ3n) is 5.66. The molecule has 0 amide bonds. The van der Waals surface area contributed by atoms with Crippen LogP contribution >= 0.6 is 24.0 Å². The molecule has 0 spiro atoms. The van der Waals surface area contributed by atoms with Gasteiger partial charge in [-0.05, 0) is 49.8 Å². The van der Waals surface area contributed by atoms with E-state index in [4.69, 9.17) is 18.9 Å². The second-order valence-corrected chi connectivity index (χ2v) is 7.90. The highest BCUT2D eigenvalue weighted by atomic mass is 127. The molecule has 1 saturated heterocycles. The number of halogens is 1. The number of nitrogens with zero attached hydrogens (tertiary/aromatic N) is 2. The van der Waals surface area contributed by atoms with Gasteiger partial charge in [0.05, 0.1) is 19.5 Å². The maximum Gasteiger partial charge on any atom is 0.191 e. The van der Waals surface area contributed by atoms with E-state index in [0.29, 0.717) is 5.41 Å². The van der Waals surface area contributed by atoms with Crippen molar-refractivity contribution in [3.8, 4) is 0 Å². The summed E-state index contributed by atoms with van der Waals surface area (Å²) in [6.45, 7) is 8.35. The highest BCUT2D eigenvalue weighted by Gasteiger charge is 2.41. The van der Waals surface area contributed by atoms with Crippen LogP contribution in [0, 0.1) is 5.41 Å². The average Bonchev–Trinajstić information content (AvgIpc) is 3.31. The summed E-state index contributed by atoms with van der Waals surface area (Å²) >= 11 is 0. The molecule has 1 aliphatic heterocycles. The molecule has 0 atom stereocenters. The van der Waals surface area contributed by atoms with Gasteiger partial charge in [-0.2, -0.15) is 0 Å². The highest BCUT2D eigenvalue weighted by Crippen LogP contribution is 2.48. The van der Waals surface area contributed by atoms with Gasteiger partial charge in [0.1, 0.15) is 5.76 Å². The first-order chi connectivity index (χ1) is 13.8. The van der Waals surface area contributed by atoms with Crippen LogP contribution in [0.5, 0.6) is 0 Å². The van der Waals surface area contributed by atoms with Crippen LogP contribution in [0.2, 0.25) is 0 Å². The Morgan fingerprint density at radius 2 is 2.03 bits per heavy atom. The van der Waals surface area contributed by atoms with E-state index in [0.717, 1.165) is 90.1 Å². The third-order valence-corrected chi connectivity index (χ3v) is 5.66. The van der Waals surface area contributed by atoms with Crippen LogP contribution in [0.3, 0.4) is 0 Å². The second kappa shape index (κ2) is 13.5. The van der Waals surface area contributed by atoms with E-state index < -0.39 is 0 Å². The van der Waals surface area contributed by atoms with E-state index in [-0.39, 0.29) is 24.0 Å². The molecule has 2 fully saturated rings. The molecule has 1 saturated carbocycles. The van der Waals surface area contributed by atoms with Gasteiger partial charge in [0.15, 0.2) is 5.96 Å². The van der Waals surface area contributed by atoms with E-state index in [1.165, 1.54) is 12.8 Å². The Morgan fingerprint density at radius 3 is 2.72 bits per heavy atom. The molecular formula is C21H37IN4O3. The van der Waals surface area contributed by atoms with Gasteiger partial charge in [0.25, 0.3) is 0 Å². The van der Waals surface area contributed by atoms with Crippen molar-refractivity contribution >= 4 is 29.9 Å². The van der Waals surface area contributed by atoms with E-state index in [1.54, 1.807) is 13.4 Å². The zero-order chi connectivity index (χ0) is 19.5. The fourth-order valence-corrected chi connectivity index (χ4v) is 3.50. The Labute approximate surface area is 192 Å². The molecule has 2 aliphatic rings. The number of morpholine rings is 1. The number of hydrogen-bond acceptors (Lipinski definition) is 5. The first kappa shape index (κ1) is 24.4. The van der Waals surface area contributed by atoms with Gasteiger partial charge in [-0.25, -0.2) is 0 Å². The molecule has 0 aromatic carbocycles. The summed E-state index contributed by atoms with van der Waals surface area (Å²) < 4.78 is 16.1. The number of rotatable bonds is 12. The molecule has 2 heterocycles. The lowest BCUT2D eigenvalue weighted by molar-refractivity contribution is 0.0376. The fraction of sp³-hybridized carbons (Fsp3) is 0.762. The van der Waals surface area contributed by atoms with Crippen molar-refractivity contribution in [3.63, 3.8) is 0 Å². The van der Waals surface area contributed by atoms with E-state index in [1.807, 2.05) is 12.1 Å². The molecule has 1 aliphatic carbocycles. The lowest BCUT2D eigenvalue weighted by atomic mass is 10.0.